The van der Waals surface area contributed by atoms with Crippen molar-refractivity contribution in [1.82, 2.24) is 10.3 Å². The number of nitriles is 1. The SMILES string of the molecule is N#CNC(=NCCc1ccccc1Cl)c1cncc(NCc2ccccc2)c1. The topological polar surface area (TPSA) is 73.1 Å². The standard InChI is InChI=1S/C22H20ClN5/c23-21-9-5-4-8-18(21)10-11-26-22(28-16-24)19-12-20(15-25-14-19)27-13-17-6-2-1-3-7-17/h1-9,12,14-15,27H,10-11,13H2,(H,26,28). The van der Waals surface area contributed by atoms with E-state index in [-0.39, 0.29) is 0 Å². The van der Waals surface area contributed by atoms with Crippen molar-refractivity contribution in [2.24, 2.45) is 4.99 Å². The maximum Gasteiger partial charge on any atom is 0.182 e. The highest BCUT2D eigenvalue weighted by molar-refractivity contribution is 6.31. The number of benzene rings is 2. The van der Waals surface area contributed by atoms with Gasteiger partial charge < -0.3 is 5.32 Å². The van der Waals surface area contributed by atoms with E-state index in [1.54, 1.807) is 12.4 Å². The minimum absolute atomic E-state index is 0.491. The molecule has 0 spiro atoms. The van der Waals surface area contributed by atoms with Crippen LogP contribution in [-0.2, 0) is 13.0 Å². The molecular weight excluding hydrogens is 370 g/mol. The van der Waals surface area contributed by atoms with E-state index in [1.165, 1.54) is 5.56 Å². The first-order valence-corrected chi connectivity index (χ1v) is 9.30. The van der Waals surface area contributed by atoms with Crippen LogP contribution in [-0.4, -0.2) is 17.4 Å². The summed E-state index contributed by atoms with van der Waals surface area (Å²) in [5.74, 6) is 0.491. The van der Waals surface area contributed by atoms with Gasteiger partial charge in [0.05, 0.1) is 5.69 Å². The summed E-state index contributed by atoms with van der Waals surface area (Å²) in [5, 5.41) is 15.8. The van der Waals surface area contributed by atoms with Gasteiger partial charge in [-0.3, -0.25) is 15.3 Å². The molecule has 2 aromatic carbocycles. The number of nitrogens with one attached hydrogen (secondary N) is 2. The number of aliphatic imine (C=N–C) groups is 1. The van der Waals surface area contributed by atoms with E-state index in [0.29, 0.717) is 25.3 Å². The Morgan fingerprint density at radius 1 is 1.07 bits per heavy atom. The summed E-state index contributed by atoms with van der Waals surface area (Å²) >= 11 is 6.19. The third-order valence-electron chi connectivity index (χ3n) is 4.13. The molecule has 0 radical (unpaired) electrons. The van der Waals surface area contributed by atoms with Gasteiger partial charge in [0.15, 0.2) is 6.19 Å². The third kappa shape index (κ3) is 5.57. The van der Waals surface area contributed by atoms with Crippen molar-refractivity contribution in [2.45, 2.75) is 13.0 Å². The Hall–Kier alpha value is -3.36. The fourth-order valence-corrected chi connectivity index (χ4v) is 2.94. The molecule has 6 heteroatoms. The van der Waals surface area contributed by atoms with Gasteiger partial charge in [0.25, 0.3) is 0 Å². The first kappa shape index (κ1) is 19.4. The lowest BCUT2D eigenvalue weighted by molar-refractivity contribution is 0.958. The number of pyridine rings is 1. The van der Waals surface area contributed by atoms with E-state index < -0.39 is 0 Å². The largest absolute Gasteiger partial charge is 0.380 e. The molecule has 5 nitrogen and oxygen atoms in total. The smallest absolute Gasteiger partial charge is 0.182 e. The lowest BCUT2D eigenvalue weighted by Gasteiger charge is -2.09. The molecule has 0 aliphatic carbocycles. The van der Waals surface area contributed by atoms with Crippen LogP contribution in [0.2, 0.25) is 5.02 Å². The molecule has 1 aromatic heterocycles. The van der Waals surface area contributed by atoms with Gasteiger partial charge in [-0.05, 0) is 29.7 Å². The van der Waals surface area contributed by atoms with Gasteiger partial charge in [0.1, 0.15) is 5.84 Å². The molecule has 0 bridgehead atoms. The Balaban J connectivity index is 1.69. The Kier molecular flexibility index (Phi) is 7.00. The normalized spacial score (nSPS) is 10.9. The van der Waals surface area contributed by atoms with Crippen molar-refractivity contribution in [3.8, 4) is 6.19 Å². The zero-order chi connectivity index (χ0) is 19.6. The van der Waals surface area contributed by atoms with E-state index >= 15 is 0 Å². The van der Waals surface area contributed by atoms with E-state index in [1.807, 2.05) is 54.7 Å². The fourth-order valence-electron chi connectivity index (χ4n) is 2.71. The van der Waals surface area contributed by atoms with Crippen LogP contribution in [0.25, 0.3) is 0 Å². The van der Waals surface area contributed by atoms with Crippen LogP contribution in [0, 0.1) is 11.5 Å². The highest BCUT2D eigenvalue weighted by Crippen LogP contribution is 2.16. The molecule has 140 valence electrons. The van der Waals surface area contributed by atoms with Crippen LogP contribution >= 0.6 is 11.6 Å². The summed E-state index contributed by atoms with van der Waals surface area (Å²) in [7, 11) is 0. The number of nitrogens with zero attached hydrogens (tertiary/aromatic N) is 3. The molecule has 0 saturated carbocycles. The zero-order valence-corrected chi connectivity index (χ0v) is 16.0. The van der Waals surface area contributed by atoms with Crippen molar-refractivity contribution < 1.29 is 0 Å². The van der Waals surface area contributed by atoms with Crippen LogP contribution in [0.1, 0.15) is 16.7 Å². The number of rotatable bonds is 7. The number of hydrogen-bond acceptors (Lipinski definition) is 4. The number of hydrogen-bond donors (Lipinski definition) is 2. The molecule has 28 heavy (non-hydrogen) atoms. The van der Waals surface area contributed by atoms with Gasteiger partial charge in [0, 0.05) is 36.1 Å². The third-order valence-corrected chi connectivity index (χ3v) is 4.50. The van der Waals surface area contributed by atoms with Crippen LogP contribution < -0.4 is 10.6 Å². The summed E-state index contributed by atoms with van der Waals surface area (Å²) in [6.07, 6.45) is 6.08. The van der Waals surface area contributed by atoms with Crippen molar-refractivity contribution in [3.63, 3.8) is 0 Å². The summed E-state index contributed by atoms with van der Waals surface area (Å²) in [6, 6.07) is 19.7. The summed E-state index contributed by atoms with van der Waals surface area (Å²) in [5.41, 5.74) is 3.82. The molecule has 0 atom stereocenters. The van der Waals surface area contributed by atoms with Crippen molar-refractivity contribution in [3.05, 3.63) is 94.8 Å². The summed E-state index contributed by atoms with van der Waals surface area (Å²) in [6.45, 7) is 1.20. The second-order valence-corrected chi connectivity index (χ2v) is 6.52. The highest BCUT2D eigenvalue weighted by Gasteiger charge is 2.06. The molecule has 0 unspecified atom stereocenters. The average Bonchev–Trinajstić information content (AvgIpc) is 2.74. The molecule has 0 fully saturated rings. The van der Waals surface area contributed by atoms with Gasteiger partial charge in [-0.15, -0.1) is 0 Å². The molecule has 3 rings (SSSR count). The summed E-state index contributed by atoms with van der Waals surface area (Å²) < 4.78 is 0. The first-order valence-electron chi connectivity index (χ1n) is 8.92. The maximum absolute atomic E-state index is 9.08. The predicted octanol–water partition coefficient (Wildman–Crippen LogP) is 4.41. The molecule has 0 saturated heterocycles. The van der Waals surface area contributed by atoms with Gasteiger partial charge in [-0.25, -0.2) is 0 Å². The first-order chi connectivity index (χ1) is 13.8. The molecule has 2 N–H and O–H groups in total. The molecule has 0 aliphatic heterocycles. The minimum Gasteiger partial charge on any atom is -0.380 e. The van der Waals surface area contributed by atoms with E-state index in [2.05, 4.69) is 32.7 Å². The monoisotopic (exact) mass is 389 g/mol. The van der Waals surface area contributed by atoms with Gasteiger partial charge >= 0.3 is 0 Å². The Labute approximate surface area is 169 Å². The Morgan fingerprint density at radius 2 is 1.86 bits per heavy atom. The maximum atomic E-state index is 9.08. The van der Waals surface area contributed by atoms with Crippen LogP contribution in [0.4, 0.5) is 5.69 Å². The average molecular weight is 390 g/mol. The number of halogens is 1. The quantitative estimate of drug-likeness (QED) is 0.272. The second kappa shape index (κ2) is 10.1. The number of amidine groups is 1. The van der Waals surface area contributed by atoms with Crippen LogP contribution in [0.3, 0.4) is 0 Å². The number of aromatic nitrogens is 1. The second-order valence-electron chi connectivity index (χ2n) is 6.11. The van der Waals surface area contributed by atoms with E-state index in [4.69, 9.17) is 16.9 Å². The van der Waals surface area contributed by atoms with Gasteiger partial charge in [-0.2, -0.15) is 5.26 Å². The van der Waals surface area contributed by atoms with Crippen LogP contribution in [0.5, 0.6) is 0 Å². The molecule has 3 aromatic rings. The Bertz CT molecular complexity index is 979. The van der Waals surface area contributed by atoms with Crippen molar-refractivity contribution in [1.29, 1.82) is 5.26 Å². The van der Waals surface area contributed by atoms with Gasteiger partial charge in [-0.1, -0.05) is 60.1 Å². The minimum atomic E-state index is 0.491. The predicted molar refractivity (Wildman–Crippen MR) is 113 cm³/mol. The summed E-state index contributed by atoms with van der Waals surface area (Å²) in [4.78, 5) is 8.80. The molecule has 1 heterocycles. The zero-order valence-electron chi connectivity index (χ0n) is 15.3. The number of anilines is 1. The molecular formula is C22H20ClN5. The van der Waals surface area contributed by atoms with Gasteiger partial charge in [0.2, 0.25) is 0 Å². The van der Waals surface area contributed by atoms with Crippen molar-refractivity contribution >= 4 is 23.1 Å². The lowest BCUT2D eigenvalue weighted by atomic mass is 10.1. The Morgan fingerprint density at radius 3 is 2.64 bits per heavy atom. The van der Waals surface area contributed by atoms with E-state index in [9.17, 15) is 0 Å². The van der Waals surface area contributed by atoms with Crippen LogP contribution in [0.15, 0.2) is 78.0 Å². The molecule has 0 amide bonds. The molecule has 0 aliphatic rings. The van der Waals surface area contributed by atoms with E-state index in [0.717, 1.165) is 21.8 Å². The highest BCUT2D eigenvalue weighted by atomic mass is 35.5. The fraction of sp³-hybridized carbons (Fsp3) is 0.136. The lowest BCUT2D eigenvalue weighted by Crippen LogP contribution is -2.20. The van der Waals surface area contributed by atoms with Crippen molar-refractivity contribution in [2.75, 3.05) is 11.9 Å².